The summed E-state index contributed by atoms with van der Waals surface area (Å²) < 4.78 is 47.5. The Morgan fingerprint density at radius 2 is 1.83 bits per heavy atom. The molecular formula is C38H41ClF3N7O3. The van der Waals surface area contributed by atoms with Gasteiger partial charge in [-0.1, -0.05) is 35.9 Å². The molecular weight excluding hydrogens is 695 g/mol. The summed E-state index contributed by atoms with van der Waals surface area (Å²) in [7, 11) is 0. The van der Waals surface area contributed by atoms with Gasteiger partial charge in [-0.3, -0.25) is 14.6 Å². The minimum Gasteiger partial charge on any atom is -0.434 e. The Hall–Kier alpha value is -4.72. The highest BCUT2D eigenvalue weighted by molar-refractivity contribution is 6.35. The van der Waals surface area contributed by atoms with Crippen LogP contribution >= 0.6 is 11.6 Å². The normalized spacial score (nSPS) is 16.3. The van der Waals surface area contributed by atoms with Gasteiger partial charge in [0.25, 0.3) is 0 Å². The van der Waals surface area contributed by atoms with Crippen LogP contribution in [0.1, 0.15) is 49.3 Å². The predicted molar refractivity (Wildman–Crippen MR) is 194 cm³/mol. The van der Waals surface area contributed by atoms with Gasteiger partial charge in [-0.15, -0.1) is 0 Å². The van der Waals surface area contributed by atoms with Crippen LogP contribution < -0.4 is 26.0 Å². The number of amides is 2. The van der Waals surface area contributed by atoms with Gasteiger partial charge in [0.15, 0.2) is 11.6 Å². The number of hydrogen-bond acceptors (Lipinski definition) is 8. The maximum Gasteiger partial charge on any atom is 0.387 e. The summed E-state index contributed by atoms with van der Waals surface area (Å²) in [6, 6.07) is 14.1. The molecule has 52 heavy (non-hydrogen) atoms. The summed E-state index contributed by atoms with van der Waals surface area (Å²) in [4.78, 5) is 33.7. The second-order valence-corrected chi connectivity index (χ2v) is 13.4. The van der Waals surface area contributed by atoms with Crippen LogP contribution in [0.3, 0.4) is 0 Å². The highest BCUT2D eigenvalue weighted by Crippen LogP contribution is 2.40. The average Bonchev–Trinajstić information content (AvgIpc) is 3.54. The van der Waals surface area contributed by atoms with E-state index in [9.17, 15) is 18.4 Å². The molecule has 274 valence electrons. The van der Waals surface area contributed by atoms with Crippen molar-refractivity contribution in [2.24, 2.45) is 0 Å². The van der Waals surface area contributed by atoms with Crippen molar-refractivity contribution in [1.29, 1.82) is 0 Å². The van der Waals surface area contributed by atoms with E-state index in [1.165, 1.54) is 6.07 Å². The number of piperidine rings is 1. The molecule has 2 aromatic heterocycles. The molecule has 2 saturated heterocycles. The molecule has 10 nitrogen and oxygen atoms in total. The molecule has 1 atom stereocenters. The van der Waals surface area contributed by atoms with E-state index in [2.05, 4.69) is 31.2 Å². The van der Waals surface area contributed by atoms with E-state index in [1.54, 1.807) is 43.6 Å². The van der Waals surface area contributed by atoms with Crippen molar-refractivity contribution in [3.05, 3.63) is 88.5 Å². The van der Waals surface area contributed by atoms with Crippen LogP contribution in [-0.4, -0.2) is 65.0 Å². The standard InChI is InChI=1S/C38H41ClF3N7O3/c1-22-29(4-3-5-31(22)48-37-35(40)26(10-14-45-37)20-46-27-12-16-49(17-13-27)23(2)50)30-11-15-44-36(34(30)39)24-6-7-25(32(18-24)52-38(41)42)19-43-21-28-8-9-33(51)47-28/h3-7,10-11,14-15,18,27-28,38,43,46H,8-9,12-13,16-17,19-21H2,1-2H3,(H,45,48)(H,47,51)/t28-/m0/s1. The Balaban J connectivity index is 1.18. The molecule has 4 aromatic rings. The van der Waals surface area contributed by atoms with E-state index in [4.69, 9.17) is 16.3 Å². The third-order valence-corrected chi connectivity index (χ3v) is 9.99. The first-order chi connectivity index (χ1) is 25.1. The lowest BCUT2D eigenvalue weighted by molar-refractivity contribution is -0.130. The number of carbonyl (C=O) groups excluding carboxylic acids is 2. The van der Waals surface area contributed by atoms with Gasteiger partial charge in [-0.25, -0.2) is 9.37 Å². The Kier molecular flexibility index (Phi) is 11.9. The van der Waals surface area contributed by atoms with E-state index >= 15 is 4.39 Å². The van der Waals surface area contributed by atoms with Crippen LogP contribution in [0.25, 0.3) is 22.4 Å². The van der Waals surface area contributed by atoms with Gasteiger partial charge in [-0.05, 0) is 61.6 Å². The monoisotopic (exact) mass is 735 g/mol. The molecule has 0 aliphatic carbocycles. The number of halogens is 4. The molecule has 2 amide bonds. The van der Waals surface area contributed by atoms with Crippen LogP contribution in [0.15, 0.2) is 60.9 Å². The van der Waals surface area contributed by atoms with Gasteiger partial charge in [0.1, 0.15) is 5.75 Å². The van der Waals surface area contributed by atoms with Crippen LogP contribution in [0.5, 0.6) is 5.75 Å². The van der Waals surface area contributed by atoms with Crippen molar-refractivity contribution < 1.29 is 27.5 Å². The molecule has 2 aromatic carbocycles. The topological polar surface area (TPSA) is 121 Å². The molecule has 0 saturated carbocycles. The van der Waals surface area contributed by atoms with Crippen molar-refractivity contribution in [2.45, 2.75) is 71.3 Å². The highest BCUT2D eigenvalue weighted by Gasteiger charge is 2.23. The number of alkyl halides is 2. The molecule has 0 spiro atoms. The smallest absolute Gasteiger partial charge is 0.387 e. The number of aromatic nitrogens is 2. The van der Waals surface area contributed by atoms with Crippen molar-refractivity contribution >= 4 is 34.9 Å². The van der Waals surface area contributed by atoms with Gasteiger partial charge in [0.2, 0.25) is 11.8 Å². The maximum absolute atomic E-state index is 15.7. The lowest BCUT2D eigenvalue weighted by Gasteiger charge is -2.31. The highest BCUT2D eigenvalue weighted by atomic mass is 35.5. The number of likely N-dealkylation sites (tertiary alicyclic amines) is 1. The Bertz CT molecular complexity index is 1920. The summed E-state index contributed by atoms with van der Waals surface area (Å²) >= 11 is 6.98. The van der Waals surface area contributed by atoms with Crippen molar-refractivity contribution in [3.63, 3.8) is 0 Å². The third kappa shape index (κ3) is 8.83. The van der Waals surface area contributed by atoms with Gasteiger partial charge < -0.3 is 30.9 Å². The van der Waals surface area contributed by atoms with E-state index in [1.807, 2.05) is 30.0 Å². The Morgan fingerprint density at radius 1 is 1.04 bits per heavy atom. The van der Waals surface area contributed by atoms with Gasteiger partial charge in [0, 0.05) is 98.5 Å². The summed E-state index contributed by atoms with van der Waals surface area (Å²) in [6.45, 7) is 2.86. The van der Waals surface area contributed by atoms with Crippen molar-refractivity contribution in [3.8, 4) is 28.1 Å². The zero-order valence-electron chi connectivity index (χ0n) is 28.9. The van der Waals surface area contributed by atoms with E-state index < -0.39 is 12.4 Å². The SMILES string of the molecule is CC(=O)N1CCC(NCc2ccnc(Nc3cccc(-c4ccnc(-c5ccc(CNC[C@@H]6CCC(=O)N6)c(OC(F)F)c5)c4Cl)c3C)c2F)CC1. The summed E-state index contributed by atoms with van der Waals surface area (Å²) in [5, 5.41) is 13.0. The van der Waals surface area contributed by atoms with Crippen molar-refractivity contribution in [2.75, 3.05) is 25.0 Å². The Morgan fingerprint density at radius 3 is 2.56 bits per heavy atom. The number of pyridine rings is 2. The van der Waals surface area contributed by atoms with Crippen LogP contribution in [-0.2, 0) is 22.7 Å². The molecule has 2 aliphatic rings. The quantitative estimate of drug-likeness (QED) is 0.119. The van der Waals surface area contributed by atoms with Gasteiger partial charge in [-0.2, -0.15) is 8.78 Å². The second kappa shape index (κ2) is 16.7. The minimum absolute atomic E-state index is 0.00256. The third-order valence-electron chi connectivity index (χ3n) is 9.60. The molecule has 6 rings (SSSR count). The number of benzene rings is 2. The van der Waals surface area contributed by atoms with Crippen molar-refractivity contribution in [1.82, 2.24) is 30.8 Å². The van der Waals surface area contributed by atoms with Gasteiger partial charge in [0.05, 0.1) is 10.7 Å². The minimum atomic E-state index is -3.04. The number of carbonyl (C=O) groups is 2. The fourth-order valence-electron chi connectivity index (χ4n) is 6.67. The summed E-state index contributed by atoms with van der Waals surface area (Å²) in [6.07, 6.45) is 5.96. The number of hydrogen-bond donors (Lipinski definition) is 4. The van der Waals surface area contributed by atoms with E-state index in [-0.39, 0.29) is 42.0 Å². The number of rotatable bonds is 13. The molecule has 0 bridgehead atoms. The molecule has 0 radical (unpaired) electrons. The molecule has 14 heteroatoms. The van der Waals surface area contributed by atoms with Gasteiger partial charge >= 0.3 is 6.61 Å². The molecule has 0 unspecified atom stereocenters. The summed E-state index contributed by atoms with van der Waals surface area (Å²) in [5.74, 6) is -0.313. The zero-order valence-corrected chi connectivity index (χ0v) is 29.7. The second-order valence-electron chi connectivity index (χ2n) is 13.1. The molecule has 2 fully saturated rings. The summed E-state index contributed by atoms with van der Waals surface area (Å²) in [5.41, 5.74) is 4.68. The number of nitrogens with one attached hydrogen (secondary N) is 4. The number of nitrogens with zero attached hydrogens (tertiary/aromatic N) is 3. The fraction of sp³-hybridized carbons (Fsp3) is 0.368. The van der Waals surface area contributed by atoms with E-state index in [0.717, 1.165) is 24.0 Å². The maximum atomic E-state index is 15.7. The largest absolute Gasteiger partial charge is 0.434 e. The van der Waals surface area contributed by atoms with Crippen LogP contribution in [0, 0.1) is 12.7 Å². The van der Waals surface area contributed by atoms with Crippen LogP contribution in [0.2, 0.25) is 5.02 Å². The first-order valence-electron chi connectivity index (χ1n) is 17.3. The first kappa shape index (κ1) is 37.1. The molecule has 2 aliphatic heterocycles. The lowest BCUT2D eigenvalue weighted by Crippen LogP contribution is -2.44. The fourth-order valence-corrected chi connectivity index (χ4v) is 6.99. The average molecular weight is 736 g/mol. The molecule has 4 N–H and O–H groups in total. The zero-order chi connectivity index (χ0) is 36.8. The Labute approximate surface area is 305 Å². The predicted octanol–water partition coefficient (Wildman–Crippen LogP) is 6.73. The van der Waals surface area contributed by atoms with E-state index in [0.29, 0.717) is 77.7 Å². The first-order valence-corrected chi connectivity index (χ1v) is 17.7. The lowest BCUT2D eigenvalue weighted by atomic mass is 9.97. The number of anilines is 2. The van der Waals surface area contributed by atoms with Crippen LogP contribution in [0.4, 0.5) is 24.7 Å². The number of ether oxygens (including phenoxy) is 1. The molecule has 4 heterocycles.